The maximum Gasteiger partial charge on any atom is 0.293 e. The van der Waals surface area contributed by atoms with Crippen LogP contribution in [-0.4, -0.2) is 23.4 Å². The van der Waals surface area contributed by atoms with Gasteiger partial charge in [0.05, 0.1) is 4.92 Å². The number of nitrogens with one attached hydrogen (secondary N) is 2. The number of benzene rings is 1. The minimum absolute atomic E-state index is 0.0550. The summed E-state index contributed by atoms with van der Waals surface area (Å²) in [7, 11) is 0. The summed E-state index contributed by atoms with van der Waals surface area (Å²) < 4.78 is 0. The Bertz CT molecular complexity index is 503. The number of hydrogen-bond acceptors (Lipinski definition) is 4. The molecule has 0 aliphatic heterocycles. The summed E-state index contributed by atoms with van der Waals surface area (Å²) in [4.78, 5) is 22.7. The fourth-order valence-corrected chi connectivity index (χ4v) is 2.05. The molecule has 0 saturated carbocycles. The lowest BCUT2D eigenvalue weighted by Crippen LogP contribution is -2.32. The van der Waals surface area contributed by atoms with E-state index in [9.17, 15) is 14.9 Å². The maximum atomic E-state index is 12.1. The van der Waals surface area contributed by atoms with E-state index in [1.807, 2.05) is 20.8 Å². The van der Waals surface area contributed by atoms with Crippen molar-refractivity contribution in [1.29, 1.82) is 0 Å². The van der Waals surface area contributed by atoms with Crippen LogP contribution in [-0.2, 0) is 0 Å². The van der Waals surface area contributed by atoms with Gasteiger partial charge in [0.1, 0.15) is 5.69 Å². The highest BCUT2D eigenvalue weighted by atomic mass is 16.6. The summed E-state index contributed by atoms with van der Waals surface area (Å²) in [5.41, 5.74) is 0.686. The van der Waals surface area contributed by atoms with Crippen LogP contribution in [0.2, 0.25) is 0 Å². The van der Waals surface area contributed by atoms with Crippen molar-refractivity contribution in [3.8, 4) is 0 Å². The molecule has 6 nitrogen and oxygen atoms in total. The molecule has 0 aromatic heterocycles. The molecule has 21 heavy (non-hydrogen) atoms. The fraction of sp³-hybridized carbons (Fsp3) is 0.533. The van der Waals surface area contributed by atoms with Gasteiger partial charge in [0.15, 0.2) is 0 Å². The lowest BCUT2D eigenvalue weighted by atomic mass is 10.1. The number of amides is 1. The van der Waals surface area contributed by atoms with E-state index in [1.54, 1.807) is 12.1 Å². The van der Waals surface area contributed by atoms with Crippen LogP contribution in [0.15, 0.2) is 18.2 Å². The van der Waals surface area contributed by atoms with E-state index in [-0.39, 0.29) is 17.6 Å². The average molecular weight is 293 g/mol. The van der Waals surface area contributed by atoms with Crippen LogP contribution >= 0.6 is 0 Å². The van der Waals surface area contributed by atoms with Crippen LogP contribution < -0.4 is 10.6 Å². The SMILES string of the molecule is CCCNc1ccc(C(=O)NC(C)CCC)cc1[N+](=O)[O-]. The summed E-state index contributed by atoms with van der Waals surface area (Å²) in [5, 5.41) is 17.0. The van der Waals surface area contributed by atoms with Gasteiger partial charge in [0, 0.05) is 24.2 Å². The van der Waals surface area contributed by atoms with Crippen LogP contribution in [0.25, 0.3) is 0 Å². The van der Waals surface area contributed by atoms with Crippen LogP contribution in [0.3, 0.4) is 0 Å². The Morgan fingerprint density at radius 2 is 2.05 bits per heavy atom. The van der Waals surface area contributed by atoms with Crippen molar-refractivity contribution in [1.82, 2.24) is 5.32 Å². The third-order valence-electron chi connectivity index (χ3n) is 3.12. The van der Waals surface area contributed by atoms with Gasteiger partial charge in [-0.15, -0.1) is 0 Å². The van der Waals surface area contributed by atoms with E-state index < -0.39 is 4.92 Å². The molecule has 0 spiro atoms. The quantitative estimate of drug-likeness (QED) is 0.568. The van der Waals surface area contributed by atoms with Crippen molar-refractivity contribution < 1.29 is 9.72 Å². The predicted molar refractivity (Wildman–Crippen MR) is 83.7 cm³/mol. The zero-order valence-corrected chi connectivity index (χ0v) is 12.8. The molecule has 1 atom stereocenters. The predicted octanol–water partition coefficient (Wildman–Crippen LogP) is 3.34. The van der Waals surface area contributed by atoms with Gasteiger partial charge in [-0.2, -0.15) is 0 Å². The minimum Gasteiger partial charge on any atom is -0.380 e. The maximum absolute atomic E-state index is 12.1. The number of carbonyl (C=O) groups is 1. The van der Waals surface area contributed by atoms with E-state index in [2.05, 4.69) is 10.6 Å². The van der Waals surface area contributed by atoms with E-state index in [0.717, 1.165) is 19.3 Å². The van der Waals surface area contributed by atoms with E-state index in [1.165, 1.54) is 6.07 Å². The summed E-state index contributed by atoms with van der Waals surface area (Å²) in [6, 6.07) is 4.58. The molecule has 0 saturated heterocycles. The van der Waals surface area contributed by atoms with Crippen molar-refractivity contribution in [3.05, 3.63) is 33.9 Å². The normalized spacial score (nSPS) is 11.8. The van der Waals surface area contributed by atoms with Gasteiger partial charge in [-0.05, 0) is 31.9 Å². The first-order chi connectivity index (χ1) is 9.99. The molecular formula is C15H23N3O3. The second-order valence-corrected chi connectivity index (χ2v) is 5.08. The Kier molecular flexibility index (Phi) is 6.65. The number of nitro groups is 1. The number of hydrogen-bond donors (Lipinski definition) is 2. The van der Waals surface area contributed by atoms with Crippen molar-refractivity contribution in [2.75, 3.05) is 11.9 Å². The zero-order chi connectivity index (χ0) is 15.8. The molecule has 116 valence electrons. The summed E-state index contributed by atoms with van der Waals surface area (Å²) >= 11 is 0. The zero-order valence-electron chi connectivity index (χ0n) is 12.8. The molecule has 1 aromatic rings. The van der Waals surface area contributed by atoms with Gasteiger partial charge in [-0.1, -0.05) is 20.3 Å². The molecule has 0 heterocycles. The Labute approximate surface area is 125 Å². The molecule has 1 unspecified atom stereocenters. The fourth-order valence-electron chi connectivity index (χ4n) is 2.05. The second-order valence-electron chi connectivity index (χ2n) is 5.08. The minimum atomic E-state index is -0.468. The molecule has 6 heteroatoms. The van der Waals surface area contributed by atoms with Crippen molar-refractivity contribution in [3.63, 3.8) is 0 Å². The molecule has 0 aliphatic rings. The third-order valence-corrected chi connectivity index (χ3v) is 3.12. The van der Waals surface area contributed by atoms with Gasteiger partial charge in [-0.3, -0.25) is 14.9 Å². The molecule has 0 fully saturated rings. The van der Waals surface area contributed by atoms with Crippen LogP contribution in [0.4, 0.5) is 11.4 Å². The summed E-state index contributed by atoms with van der Waals surface area (Å²) in [6.07, 6.45) is 2.72. The molecule has 1 rings (SSSR count). The first kappa shape index (κ1) is 16.9. The lowest BCUT2D eigenvalue weighted by Gasteiger charge is -2.13. The second kappa shape index (κ2) is 8.24. The van der Waals surface area contributed by atoms with Crippen LogP contribution in [0.1, 0.15) is 50.4 Å². The topological polar surface area (TPSA) is 84.3 Å². The lowest BCUT2D eigenvalue weighted by molar-refractivity contribution is -0.384. The van der Waals surface area contributed by atoms with E-state index in [0.29, 0.717) is 17.8 Å². The average Bonchev–Trinajstić information content (AvgIpc) is 2.44. The van der Waals surface area contributed by atoms with Gasteiger partial charge in [0.2, 0.25) is 0 Å². The third kappa shape index (κ3) is 5.06. The largest absolute Gasteiger partial charge is 0.380 e. The van der Waals surface area contributed by atoms with Gasteiger partial charge < -0.3 is 10.6 Å². The highest BCUT2D eigenvalue weighted by Crippen LogP contribution is 2.25. The molecular weight excluding hydrogens is 270 g/mol. The smallest absolute Gasteiger partial charge is 0.293 e. The van der Waals surface area contributed by atoms with Crippen molar-refractivity contribution in [2.24, 2.45) is 0 Å². The summed E-state index contributed by atoms with van der Waals surface area (Å²) in [6.45, 7) is 6.60. The van der Waals surface area contributed by atoms with E-state index in [4.69, 9.17) is 0 Å². The Morgan fingerprint density at radius 1 is 1.33 bits per heavy atom. The number of rotatable bonds is 8. The molecule has 1 amide bonds. The number of nitrogens with zero attached hydrogens (tertiary/aromatic N) is 1. The molecule has 2 N–H and O–H groups in total. The summed E-state index contributed by atoms with van der Waals surface area (Å²) in [5.74, 6) is -0.277. The highest BCUT2D eigenvalue weighted by molar-refractivity contribution is 5.95. The van der Waals surface area contributed by atoms with Crippen LogP contribution in [0, 0.1) is 10.1 Å². The van der Waals surface area contributed by atoms with Gasteiger partial charge in [-0.25, -0.2) is 0 Å². The Morgan fingerprint density at radius 3 is 2.62 bits per heavy atom. The van der Waals surface area contributed by atoms with Crippen molar-refractivity contribution >= 4 is 17.3 Å². The Hall–Kier alpha value is -2.11. The first-order valence-electron chi connectivity index (χ1n) is 7.32. The van der Waals surface area contributed by atoms with Crippen molar-refractivity contribution in [2.45, 2.75) is 46.1 Å². The molecule has 1 aromatic carbocycles. The van der Waals surface area contributed by atoms with Gasteiger partial charge >= 0.3 is 0 Å². The number of nitro benzene ring substituents is 1. The standard InChI is InChI=1S/C15H23N3O3/c1-4-6-11(3)17-15(19)12-7-8-13(16-9-5-2)14(10-12)18(20)21/h7-8,10-11,16H,4-6,9H2,1-3H3,(H,17,19). The first-order valence-corrected chi connectivity index (χ1v) is 7.32. The van der Waals surface area contributed by atoms with Gasteiger partial charge in [0.25, 0.3) is 11.6 Å². The Balaban J connectivity index is 2.91. The number of anilines is 1. The molecule has 0 aliphatic carbocycles. The highest BCUT2D eigenvalue weighted by Gasteiger charge is 2.18. The molecule has 0 radical (unpaired) electrons. The van der Waals surface area contributed by atoms with Crippen LogP contribution in [0.5, 0.6) is 0 Å². The monoisotopic (exact) mass is 293 g/mol. The number of carbonyl (C=O) groups excluding carboxylic acids is 1. The molecule has 0 bridgehead atoms. The van der Waals surface area contributed by atoms with E-state index >= 15 is 0 Å².